The van der Waals surface area contributed by atoms with Gasteiger partial charge in [-0.2, -0.15) is 0 Å². The average Bonchev–Trinajstić information content (AvgIpc) is 2.34. The maximum atomic E-state index is 9.82. The van der Waals surface area contributed by atoms with Crippen molar-refractivity contribution in [1.82, 2.24) is 5.32 Å². The van der Waals surface area contributed by atoms with Gasteiger partial charge in [0.25, 0.3) is 0 Å². The van der Waals surface area contributed by atoms with Crippen LogP contribution >= 0.6 is 0 Å². The Balaban J connectivity index is 2.46. The van der Waals surface area contributed by atoms with Crippen molar-refractivity contribution < 1.29 is 5.11 Å². The summed E-state index contributed by atoms with van der Waals surface area (Å²) in [6.45, 7) is 7.31. The second-order valence-electron chi connectivity index (χ2n) is 4.51. The van der Waals surface area contributed by atoms with Gasteiger partial charge in [-0.05, 0) is 24.8 Å². The molecule has 1 fully saturated rings. The summed E-state index contributed by atoms with van der Waals surface area (Å²) >= 11 is 0. The van der Waals surface area contributed by atoms with Crippen molar-refractivity contribution in [3.8, 4) is 0 Å². The number of hydrogen-bond acceptors (Lipinski definition) is 2. The molecule has 2 atom stereocenters. The first kappa shape index (κ1) is 9.01. The Bertz CT molecular complexity index is 122. The van der Waals surface area contributed by atoms with E-state index in [2.05, 4.69) is 26.1 Å². The molecule has 66 valence electrons. The van der Waals surface area contributed by atoms with Crippen molar-refractivity contribution in [2.75, 3.05) is 6.54 Å². The molecule has 1 unspecified atom stereocenters. The van der Waals surface area contributed by atoms with Crippen LogP contribution in [-0.4, -0.2) is 23.8 Å². The standard InChI is InChI=1S/C9H19NO/c1-9(2,3)8(11)7-5-4-6-10-7/h7-8,10-11H,4-6H2,1-3H3/t7-,8?/m1/s1. The van der Waals surface area contributed by atoms with Gasteiger partial charge in [0.1, 0.15) is 0 Å². The average molecular weight is 157 g/mol. The monoisotopic (exact) mass is 157 g/mol. The fourth-order valence-corrected chi connectivity index (χ4v) is 1.58. The van der Waals surface area contributed by atoms with Crippen LogP contribution in [0.5, 0.6) is 0 Å². The summed E-state index contributed by atoms with van der Waals surface area (Å²) in [6.07, 6.45) is 2.13. The van der Waals surface area contributed by atoms with Crippen molar-refractivity contribution >= 4 is 0 Å². The molecule has 1 heterocycles. The maximum Gasteiger partial charge on any atom is 0.0741 e. The number of rotatable bonds is 1. The van der Waals surface area contributed by atoms with Crippen molar-refractivity contribution in [3.05, 3.63) is 0 Å². The molecule has 0 saturated carbocycles. The molecule has 1 aliphatic rings. The van der Waals surface area contributed by atoms with Crippen molar-refractivity contribution in [1.29, 1.82) is 0 Å². The van der Waals surface area contributed by atoms with Gasteiger partial charge in [-0.3, -0.25) is 0 Å². The van der Waals surface area contributed by atoms with Gasteiger partial charge in [0.05, 0.1) is 6.10 Å². The summed E-state index contributed by atoms with van der Waals surface area (Å²) < 4.78 is 0. The Hall–Kier alpha value is -0.0800. The van der Waals surface area contributed by atoms with Crippen LogP contribution in [0.25, 0.3) is 0 Å². The van der Waals surface area contributed by atoms with Crippen LogP contribution in [0.2, 0.25) is 0 Å². The van der Waals surface area contributed by atoms with Crippen LogP contribution in [0.4, 0.5) is 0 Å². The highest BCUT2D eigenvalue weighted by molar-refractivity contribution is 4.87. The largest absolute Gasteiger partial charge is 0.391 e. The van der Waals surface area contributed by atoms with E-state index in [-0.39, 0.29) is 11.5 Å². The molecular formula is C9H19NO. The molecule has 1 aliphatic heterocycles. The van der Waals surface area contributed by atoms with Crippen molar-refractivity contribution in [2.45, 2.75) is 45.8 Å². The Labute approximate surface area is 69.0 Å². The van der Waals surface area contributed by atoms with Crippen molar-refractivity contribution in [2.24, 2.45) is 5.41 Å². The molecule has 1 saturated heterocycles. The minimum absolute atomic E-state index is 0.0159. The second-order valence-corrected chi connectivity index (χ2v) is 4.51. The predicted molar refractivity (Wildman–Crippen MR) is 46.5 cm³/mol. The lowest BCUT2D eigenvalue weighted by Crippen LogP contribution is -2.43. The SMILES string of the molecule is CC(C)(C)C(O)[C@H]1CCCN1. The van der Waals surface area contributed by atoms with E-state index in [1.165, 1.54) is 6.42 Å². The molecule has 0 aromatic carbocycles. The topological polar surface area (TPSA) is 32.3 Å². The summed E-state index contributed by atoms with van der Waals surface area (Å²) in [5.74, 6) is 0. The van der Waals surface area contributed by atoms with Crippen molar-refractivity contribution in [3.63, 3.8) is 0 Å². The van der Waals surface area contributed by atoms with Gasteiger partial charge in [0, 0.05) is 6.04 Å². The highest BCUT2D eigenvalue weighted by Crippen LogP contribution is 2.25. The lowest BCUT2D eigenvalue weighted by Gasteiger charge is -2.30. The smallest absolute Gasteiger partial charge is 0.0741 e. The zero-order valence-corrected chi connectivity index (χ0v) is 7.72. The van der Waals surface area contributed by atoms with Crippen LogP contribution in [0.1, 0.15) is 33.6 Å². The number of nitrogens with one attached hydrogen (secondary N) is 1. The second kappa shape index (κ2) is 3.11. The van der Waals surface area contributed by atoms with Crippen LogP contribution in [0.3, 0.4) is 0 Å². The van der Waals surface area contributed by atoms with Gasteiger partial charge in [-0.25, -0.2) is 0 Å². The third-order valence-electron chi connectivity index (χ3n) is 2.37. The summed E-state index contributed by atoms with van der Waals surface area (Å²) in [5.41, 5.74) is 0.0159. The fraction of sp³-hybridized carbons (Fsp3) is 1.00. The molecule has 0 amide bonds. The van der Waals surface area contributed by atoms with Gasteiger partial charge < -0.3 is 10.4 Å². The van der Waals surface area contributed by atoms with Crippen LogP contribution in [0, 0.1) is 5.41 Å². The Morgan fingerprint density at radius 3 is 2.45 bits per heavy atom. The van der Waals surface area contributed by atoms with E-state index in [4.69, 9.17) is 0 Å². The molecule has 0 aromatic rings. The Morgan fingerprint density at radius 2 is 2.09 bits per heavy atom. The quantitative estimate of drug-likeness (QED) is 0.598. The number of aliphatic hydroxyl groups excluding tert-OH is 1. The van der Waals surface area contributed by atoms with Gasteiger partial charge in [0.15, 0.2) is 0 Å². The molecule has 0 spiro atoms. The molecule has 11 heavy (non-hydrogen) atoms. The molecule has 0 aliphatic carbocycles. The summed E-state index contributed by atoms with van der Waals surface area (Å²) in [5, 5.41) is 13.1. The van der Waals surface area contributed by atoms with E-state index in [9.17, 15) is 5.11 Å². The van der Waals surface area contributed by atoms with E-state index in [0.29, 0.717) is 6.04 Å². The van der Waals surface area contributed by atoms with E-state index >= 15 is 0 Å². The molecular weight excluding hydrogens is 138 g/mol. The van der Waals surface area contributed by atoms with E-state index in [1.54, 1.807) is 0 Å². The first-order chi connectivity index (χ1) is 5.02. The van der Waals surface area contributed by atoms with Gasteiger partial charge >= 0.3 is 0 Å². The van der Waals surface area contributed by atoms with E-state index in [0.717, 1.165) is 13.0 Å². The molecule has 1 rings (SSSR count). The van der Waals surface area contributed by atoms with E-state index < -0.39 is 0 Å². The lowest BCUT2D eigenvalue weighted by atomic mass is 9.84. The summed E-state index contributed by atoms with van der Waals surface area (Å²) in [7, 11) is 0. The highest BCUT2D eigenvalue weighted by Gasteiger charge is 2.31. The van der Waals surface area contributed by atoms with Crippen LogP contribution < -0.4 is 5.32 Å². The van der Waals surface area contributed by atoms with Crippen LogP contribution in [-0.2, 0) is 0 Å². The highest BCUT2D eigenvalue weighted by atomic mass is 16.3. The maximum absolute atomic E-state index is 9.82. The third kappa shape index (κ3) is 2.17. The number of aliphatic hydroxyl groups is 1. The molecule has 0 radical (unpaired) electrons. The van der Waals surface area contributed by atoms with E-state index in [1.807, 2.05) is 0 Å². The van der Waals surface area contributed by atoms with Gasteiger partial charge in [0.2, 0.25) is 0 Å². The zero-order valence-electron chi connectivity index (χ0n) is 7.72. The first-order valence-electron chi connectivity index (χ1n) is 4.43. The summed E-state index contributed by atoms with van der Waals surface area (Å²) in [6, 6.07) is 0.329. The van der Waals surface area contributed by atoms with Crippen LogP contribution in [0.15, 0.2) is 0 Å². The third-order valence-corrected chi connectivity index (χ3v) is 2.37. The van der Waals surface area contributed by atoms with Gasteiger partial charge in [-0.1, -0.05) is 20.8 Å². The number of hydrogen-bond donors (Lipinski definition) is 2. The molecule has 2 heteroatoms. The molecule has 2 nitrogen and oxygen atoms in total. The van der Waals surface area contributed by atoms with Gasteiger partial charge in [-0.15, -0.1) is 0 Å². The Kier molecular flexibility index (Phi) is 2.55. The molecule has 0 aromatic heterocycles. The molecule has 2 N–H and O–H groups in total. The minimum Gasteiger partial charge on any atom is -0.391 e. The first-order valence-corrected chi connectivity index (χ1v) is 4.43. The minimum atomic E-state index is -0.204. The normalized spacial score (nSPS) is 28.9. The molecule has 0 bridgehead atoms. The Morgan fingerprint density at radius 1 is 1.45 bits per heavy atom. The fourth-order valence-electron chi connectivity index (χ4n) is 1.58. The lowest BCUT2D eigenvalue weighted by molar-refractivity contribution is 0.0347. The predicted octanol–water partition coefficient (Wildman–Crippen LogP) is 1.15. The zero-order chi connectivity index (χ0) is 8.48. The summed E-state index contributed by atoms with van der Waals surface area (Å²) in [4.78, 5) is 0.